The van der Waals surface area contributed by atoms with E-state index in [0.717, 1.165) is 19.6 Å². The molecule has 0 radical (unpaired) electrons. The van der Waals surface area contributed by atoms with Crippen LogP contribution in [0, 0.1) is 0 Å². The van der Waals surface area contributed by atoms with Gasteiger partial charge < -0.3 is 15.5 Å². The van der Waals surface area contributed by atoms with E-state index in [-0.39, 0.29) is 5.91 Å². The van der Waals surface area contributed by atoms with Crippen LogP contribution in [0.25, 0.3) is 0 Å². The van der Waals surface area contributed by atoms with Crippen LogP contribution in [-0.2, 0) is 0 Å². The topological polar surface area (TPSA) is 75.3 Å². The van der Waals surface area contributed by atoms with Crippen molar-refractivity contribution in [1.29, 1.82) is 0 Å². The average molecular weight is 249 g/mol. The van der Waals surface area contributed by atoms with Crippen LogP contribution in [0.3, 0.4) is 0 Å². The molecule has 6 heteroatoms. The van der Waals surface area contributed by atoms with Crippen molar-refractivity contribution < 1.29 is 4.79 Å². The fourth-order valence-electron chi connectivity index (χ4n) is 2.04. The summed E-state index contributed by atoms with van der Waals surface area (Å²) in [5.41, 5.74) is 5.78. The van der Waals surface area contributed by atoms with Gasteiger partial charge in [0.1, 0.15) is 11.5 Å². The van der Waals surface area contributed by atoms with Crippen molar-refractivity contribution in [3.05, 3.63) is 18.1 Å². The second kappa shape index (κ2) is 5.77. The number of rotatable bonds is 4. The van der Waals surface area contributed by atoms with Crippen LogP contribution in [0.2, 0.25) is 0 Å². The van der Waals surface area contributed by atoms with Crippen LogP contribution in [0.1, 0.15) is 23.3 Å². The number of aromatic nitrogens is 2. The Morgan fingerprint density at radius 1 is 1.39 bits per heavy atom. The molecule has 1 aromatic rings. The molecule has 2 heterocycles. The molecule has 1 fully saturated rings. The summed E-state index contributed by atoms with van der Waals surface area (Å²) in [6, 6.07) is 0. The molecule has 2 rings (SSSR count). The number of carbonyl (C=O) groups excluding carboxylic acids is 1. The molecule has 0 aromatic carbocycles. The molecule has 98 valence electrons. The van der Waals surface area contributed by atoms with Crippen molar-refractivity contribution in [2.75, 3.05) is 39.0 Å². The Kier molecular flexibility index (Phi) is 4.09. The highest BCUT2D eigenvalue weighted by molar-refractivity contribution is 5.91. The number of anilines is 1. The smallest absolute Gasteiger partial charge is 0.273 e. The zero-order valence-corrected chi connectivity index (χ0v) is 10.7. The van der Waals surface area contributed by atoms with Gasteiger partial charge >= 0.3 is 0 Å². The molecule has 0 spiro atoms. The number of hydrogen-bond donors (Lipinski definition) is 1. The molecule has 1 aliphatic rings. The second-order valence-electron chi connectivity index (χ2n) is 4.60. The first-order valence-corrected chi connectivity index (χ1v) is 6.22. The summed E-state index contributed by atoms with van der Waals surface area (Å²) < 4.78 is 0. The number of carbonyl (C=O) groups is 1. The third kappa shape index (κ3) is 3.16. The number of hydrogen-bond acceptors (Lipinski definition) is 5. The maximum atomic E-state index is 12.0. The van der Waals surface area contributed by atoms with Crippen molar-refractivity contribution in [1.82, 2.24) is 19.8 Å². The van der Waals surface area contributed by atoms with E-state index >= 15 is 0 Å². The molecule has 2 N–H and O–H groups in total. The van der Waals surface area contributed by atoms with Crippen LogP contribution in [0.5, 0.6) is 0 Å². The van der Waals surface area contributed by atoms with Gasteiger partial charge in [0.2, 0.25) is 0 Å². The molecule has 1 aromatic heterocycles. The van der Waals surface area contributed by atoms with Gasteiger partial charge in [0.25, 0.3) is 5.91 Å². The first kappa shape index (κ1) is 12.8. The van der Waals surface area contributed by atoms with E-state index in [2.05, 4.69) is 14.9 Å². The van der Waals surface area contributed by atoms with Crippen LogP contribution in [0.15, 0.2) is 12.4 Å². The number of nitrogens with two attached hydrogens (primary N) is 1. The Labute approximate surface area is 107 Å². The third-order valence-corrected chi connectivity index (χ3v) is 3.19. The highest BCUT2D eigenvalue weighted by Crippen LogP contribution is 2.07. The van der Waals surface area contributed by atoms with Gasteiger partial charge in [0.15, 0.2) is 0 Å². The van der Waals surface area contributed by atoms with Crippen LogP contribution < -0.4 is 5.73 Å². The number of nitrogen functional groups attached to an aromatic ring is 1. The monoisotopic (exact) mass is 249 g/mol. The molecule has 0 bridgehead atoms. The number of likely N-dealkylation sites (N-methyl/N-ethyl adjacent to an activating group) is 1. The Balaban J connectivity index is 1.85. The van der Waals surface area contributed by atoms with Gasteiger partial charge in [0.05, 0.1) is 12.4 Å². The highest BCUT2D eigenvalue weighted by atomic mass is 16.2. The largest absolute Gasteiger partial charge is 0.382 e. The molecule has 0 unspecified atom stereocenters. The van der Waals surface area contributed by atoms with Crippen LogP contribution in [0.4, 0.5) is 5.82 Å². The first-order valence-electron chi connectivity index (χ1n) is 6.22. The summed E-state index contributed by atoms with van der Waals surface area (Å²) in [4.78, 5) is 23.9. The number of nitrogens with zero attached hydrogens (tertiary/aromatic N) is 4. The summed E-state index contributed by atoms with van der Waals surface area (Å²) in [6.45, 7) is 3.92. The SMILES string of the molecule is CN(CCN1CCCC1)C(=O)c1cnc(N)cn1. The van der Waals surface area contributed by atoms with Gasteiger partial charge in [-0.3, -0.25) is 4.79 Å². The van der Waals surface area contributed by atoms with E-state index in [1.54, 1.807) is 11.9 Å². The van der Waals surface area contributed by atoms with Crippen LogP contribution >= 0.6 is 0 Å². The normalized spacial score (nSPS) is 15.8. The van der Waals surface area contributed by atoms with Crippen molar-refractivity contribution in [2.24, 2.45) is 0 Å². The van der Waals surface area contributed by atoms with Crippen molar-refractivity contribution in [3.8, 4) is 0 Å². The predicted octanol–water partition coefficient (Wildman–Crippen LogP) is 0.227. The molecule has 1 amide bonds. The Morgan fingerprint density at radius 2 is 2.11 bits per heavy atom. The maximum Gasteiger partial charge on any atom is 0.273 e. The van der Waals surface area contributed by atoms with Gasteiger partial charge in [0, 0.05) is 20.1 Å². The summed E-state index contributed by atoms with van der Waals surface area (Å²) in [5.74, 6) is 0.216. The summed E-state index contributed by atoms with van der Waals surface area (Å²) in [5, 5.41) is 0. The van der Waals surface area contributed by atoms with Gasteiger partial charge in [-0.05, 0) is 25.9 Å². The minimum Gasteiger partial charge on any atom is -0.382 e. The van der Waals surface area contributed by atoms with E-state index < -0.39 is 0 Å². The lowest BCUT2D eigenvalue weighted by atomic mass is 10.3. The van der Waals surface area contributed by atoms with Crippen molar-refractivity contribution >= 4 is 11.7 Å². The maximum absolute atomic E-state index is 12.0. The lowest BCUT2D eigenvalue weighted by Gasteiger charge is -2.21. The van der Waals surface area contributed by atoms with E-state index in [9.17, 15) is 4.79 Å². The summed E-state index contributed by atoms with van der Waals surface area (Å²) >= 11 is 0. The third-order valence-electron chi connectivity index (χ3n) is 3.19. The fraction of sp³-hybridized carbons (Fsp3) is 0.583. The van der Waals surface area contributed by atoms with Gasteiger partial charge in [-0.2, -0.15) is 0 Å². The predicted molar refractivity (Wildman–Crippen MR) is 69.1 cm³/mol. The first-order chi connectivity index (χ1) is 8.66. The molecule has 0 atom stereocenters. The Morgan fingerprint density at radius 3 is 2.72 bits per heavy atom. The molecule has 6 nitrogen and oxygen atoms in total. The molecular weight excluding hydrogens is 230 g/mol. The lowest BCUT2D eigenvalue weighted by molar-refractivity contribution is 0.0776. The zero-order valence-electron chi connectivity index (χ0n) is 10.7. The number of likely N-dealkylation sites (tertiary alicyclic amines) is 1. The van der Waals surface area contributed by atoms with Gasteiger partial charge in [-0.25, -0.2) is 9.97 Å². The van der Waals surface area contributed by atoms with Crippen molar-refractivity contribution in [2.45, 2.75) is 12.8 Å². The van der Waals surface area contributed by atoms with Gasteiger partial charge in [-0.1, -0.05) is 0 Å². The minimum atomic E-state index is -0.110. The quantitative estimate of drug-likeness (QED) is 0.826. The minimum absolute atomic E-state index is 0.110. The Hall–Kier alpha value is -1.69. The molecule has 1 saturated heterocycles. The van der Waals surface area contributed by atoms with E-state index in [1.807, 2.05) is 0 Å². The number of amides is 1. The Bertz CT molecular complexity index is 399. The molecular formula is C12H19N5O. The van der Waals surface area contributed by atoms with E-state index in [0.29, 0.717) is 18.1 Å². The zero-order chi connectivity index (χ0) is 13.0. The second-order valence-corrected chi connectivity index (χ2v) is 4.60. The van der Waals surface area contributed by atoms with Gasteiger partial charge in [-0.15, -0.1) is 0 Å². The molecule has 18 heavy (non-hydrogen) atoms. The standard InChI is InChI=1S/C12H19N5O/c1-16(6-7-17-4-2-3-5-17)12(18)10-8-15-11(13)9-14-10/h8-9H,2-7H2,1H3,(H2,13,15). The molecule has 0 aliphatic carbocycles. The van der Waals surface area contributed by atoms with E-state index in [4.69, 9.17) is 5.73 Å². The van der Waals surface area contributed by atoms with Crippen LogP contribution in [-0.4, -0.2) is 58.9 Å². The van der Waals surface area contributed by atoms with Crippen molar-refractivity contribution in [3.63, 3.8) is 0 Å². The summed E-state index contributed by atoms with van der Waals surface area (Å²) in [6.07, 6.45) is 5.35. The average Bonchev–Trinajstić information content (AvgIpc) is 2.89. The van der Waals surface area contributed by atoms with E-state index in [1.165, 1.54) is 25.2 Å². The lowest BCUT2D eigenvalue weighted by Crippen LogP contribution is -2.35. The highest BCUT2D eigenvalue weighted by Gasteiger charge is 2.16. The molecule has 1 aliphatic heterocycles. The summed E-state index contributed by atoms with van der Waals surface area (Å²) in [7, 11) is 1.79. The fourth-order valence-corrected chi connectivity index (χ4v) is 2.04. The molecule has 0 saturated carbocycles.